The Morgan fingerprint density at radius 2 is 0.786 bits per heavy atom. The first-order chi connectivity index (χ1) is 27.7. The summed E-state index contributed by atoms with van der Waals surface area (Å²) in [5.41, 5.74) is 19.2. The van der Waals surface area contributed by atoms with Gasteiger partial charge in [0.1, 0.15) is 0 Å². The molecule has 0 saturated carbocycles. The van der Waals surface area contributed by atoms with E-state index < -0.39 is 5.41 Å². The second-order valence-electron chi connectivity index (χ2n) is 14.6. The largest absolute Gasteiger partial charge is 0.330 e. The molecule has 0 heterocycles. The summed E-state index contributed by atoms with van der Waals surface area (Å²) >= 11 is 0. The number of rotatable bonds is 9. The number of nitrogens with two attached hydrogens (primary N) is 1. The summed E-state index contributed by atoms with van der Waals surface area (Å²) in [6.07, 6.45) is 0.753. The summed E-state index contributed by atoms with van der Waals surface area (Å²) in [6, 6.07) is 77.1. The van der Waals surface area contributed by atoms with E-state index in [0.717, 1.165) is 40.5 Å². The van der Waals surface area contributed by atoms with Crippen molar-refractivity contribution in [3.05, 3.63) is 229 Å². The predicted octanol–water partition coefficient (Wildman–Crippen LogP) is 13.6. The number of hydrogen-bond donors (Lipinski definition) is 1. The minimum absolute atomic E-state index is 0.491. The van der Waals surface area contributed by atoms with Crippen molar-refractivity contribution < 1.29 is 0 Å². The molecule has 0 atom stereocenters. The molecule has 9 aromatic rings. The molecule has 0 bridgehead atoms. The molecule has 0 unspecified atom stereocenters. The van der Waals surface area contributed by atoms with Gasteiger partial charge in [0.2, 0.25) is 0 Å². The van der Waals surface area contributed by atoms with Crippen LogP contribution in [0.15, 0.2) is 212 Å². The Labute approximate surface area is 328 Å². The van der Waals surface area contributed by atoms with Crippen LogP contribution in [-0.4, -0.2) is 6.54 Å². The Bertz CT molecular complexity index is 2650. The Hall–Kier alpha value is -6.94. The van der Waals surface area contributed by atoms with Crippen LogP contribution in [-0.2, 0) is 5.41 Å². The van der Waals surface area contributed by atoms with Gasteiger partial charge in [-0.3, -0.25) is 0 Å². The summed E-state index contributed by atoms with van der Waals surface area (Å²) in [6.45, 7) is 0.527. The lowest BCUT2D eigenvalue weighted by Crippen LogP contribution is -2.30. The molecule has 1 aliphatic carbocycles. The number of nitrogens with zero attached hydrogens (tertiary/aromatic N) is 2. The smallest absolute Gasteiger partial charge is 0.0540 e. The molecule has 0 fully saturated rings. The van der Waals surface area contributed by atoms with E-state index in [1.54, 1.807) is 0 Å². The number of fused-ring (bicyclic) bond motifs is 5. The van der Waals surface area contributed by atoms with Gasteiger partial charge < -0.3 is 15.5 Å². The molecule has 2 N–H and O–H groups in total. The molecule has 0 aliphatic heterocycles. The highest BCUT2D eigenvalue weighted by molar-refractivity contribution is 6.01. The van der Waals surface area contributed by atoms with Gasteiger partial charge in [0, 0.05) is 38.9 Å². The van der Waals surface area contributed by atoms with Crippen molar-refractivity contribution in [2.24, 2.45) is 5.73 Å². The summed E-state index contributed by atoms with van der Waals surface area (Å²) < 4.78 is 0. The lowest BCUT2D eigenvalue weighted by Gasteiger charge is -2.35. The zero-order chi connectivity index (χ0) is 37.5. The predicted molar refractivity (Wildman–Crippen MR) is 236 cm³/mol. The molecular weight excluding hydrogens is 679 g/mol. The van der Waals surface area contributed by atoms with Gasteiger partial charge in [-0.05, 0) is 112 Å². The van der Waals surface area contributed by atoms with Gasteiger partial charge in [0.25, 0.3) is 0 Å². The van der Waals surface area contributed by atoms with E-state index in [1.807, 2.05) is 0 Å². The molecule has 9 aromatic carbocycles. The van der Waals surface area contributed by atoms with Crippen LogP contribution in [0.2, 0.25) is 0 Å². The van der Waals surface area contributed by atoms with Crippen LogP contribution in [0.4, 0.5) is 34.1 Å². The summed E-state index contributed by atoms with van der Waals surface area (Å²) in [4.78, 5) is 4.82. The van der Waals surface area contributed by atoms with E-state index in [1.165, 1.54) is 49.4 Å². The van der Waals surface area contributed by atoms with E-state index in [2.05, 4.69) is 222 Å². The summed E-state index contributed by atoms with van der Waals surface area (Å²) in [5.74, 6) is 0. The van der Waals surface area contributed by atoms with Crippen LogP contribution >= 0.6 is 0 Å². The summed E-state index contributed by atoms with van der Waals surface area (Å²) in [7, 11) is 0. The minimum Gasteiger partial charge on any atom is -0.330 e. The molecular formula is C53H41N3. The maximum atomic E-state index is 6.71. The molecule has 268 valence electrons. The first-order valence-electron chi connectivity index (χ1n) is 19.5. The topological polar surface area (TPSA) is 32.5 Å². The van der Waals surface area contributed by atoms with Crippen molar-refractivity contribution >= 4 is 55.7 Å². The van der Waals surface area contributed by atoms with Crippen molar-refractivity contribution in [2.75, 3.05) is 16.3 Å². The zero-order valence-corrected chi connectivity index (χ0v) is 31.1. The maximum absolute atomic E-state index is 6.71. The Morgan fingerprint density at radius 1 is 0.375 bits per heavy atom. The number of hydrogen-bond acceptors (Lipinski definition) is 3. The first kappa shape index (κ1) is 33.6. The third-order valence-electron chi connectivity index (χ3n) is 11.6. The number of anilines is 6. The second kappa shape index (κ2) is 14.0. The molecule has 3 nitrogen and oxygen atoms in total. The molecule has 1 aliphatic rings. The molecule has 0 spiro atoms. The van der Waals surface area contributed by atoms with Crippen LogP contribution in [0.25, 0.3) is 32.7 Å². The number of para-hydroxylation sites is 2. The van der Waals surface area contributed by atoms with Gasteiger partial charge in [-0.25, -0.2) is 0 Å². The average Bonchev–Trinajstić information content (AvgIpc) is 3.54. The van der Waals surface area contributed by atoms with E-state index in [0.29, 0.717) is 6.54 Å². The Kier molecular flexibility index (Phi) is 8.43. The van der Waals surface area contributed by atoms with Crippen LogP contribution in [0.5, 0.6) is 0 Å². The SMILES string of the molecule is NCCC1(c2ccccc2)c2cc(N(c3ccccc3)c3cccc4ccccc34)ccc2-c2ccc(N(c3ccccc3)c3cccc4ccccc34)cc21. The van der Waals surface area contributed by atoms with Gasteiger partial charge in [0.15, 0.2) is 0 Å². The monoisotopic (exact) mass is 719 g/mol. The first-order valence-corrected chi connectivity index (χ1v) is 19.5. The third-order valence-corrected chi connectivity index (χ3v) is 11.6. The van der Waals surface area contributed by atoms with Crippen LogP contribution in [0.3, 0.4) is 0 Å². The van der Waals surface area contributed by atoms with Crippen LogP contribution < -0.4 is 15.5 Å². The fraction of sp³-hybridized carbons (Fsp3) is 0.0566. The number of benzene rings is 9. The van der Waals surface area contributed by atoms with E-state index >= 15 is 0 Å². The second-order valence-corrected chi connectivity index (χ2v) is 14.6. The van der Waals surface area contributed by atoms with Gasteiger partial charge >= 0.3 is 0 Å². The fourth-order valence-corrected chi connectivity index (χ4v) is 9.14. The van der Waals surface area contributed by atoms with Crippen molar-refractivity contribution in [3.8, 4) is 11.1 Å². The zero-order valence-electron chi connectivity index (χ0n) is 31.1. The van der Waals surface area contributed by atoms with Crippen molar-refractivity contribution in [1.29, 1.82) is 0 Å². The molecule has 0 saturated heterocycles. The van der Waals surface area contributed by atoms with Gasteiger partial charge in [0.05, 0.1) is 11.4 Å². The van der Waals surface area contributed by atoms with E-state index in [4.69, 9.17) is 5.73 Å². The quantitative estimate of drug-likeness (QED) is 0.161. The highest BCUT2D eigenvalue weighted by atomic mass is 15.1. The lowest BCUT2D eigenvalue weighted by atomic mass is 9.70. The Balaban J connectivity index is 1.22. The summed E-state index contributed by atoms with van der Waals surface area (Å²) in [5, 5.41) is 4.84. The molecule has 0 amide bonds. The molecule has 3 heteroatoms. The normalized spacial score (nSPS) is 12.7. The van der Waals surface area contributed by atoms with E-state index in [9.17, 15) is 0 Å². The average molecular weight is 720 g/mol. The van der Waals surface area contributed by atoms with Crippen molar-refractivity contribution in [3.63, 3.8) is 0 Å². The highest BCUT2D eigenvalue weighted by Gasteiger charge is 2.45. The van der Waals surface area contributed by atoms with Gasteiger partial charge in [-0.2, -0.15) is 0 Å². The van der Waals surface area contributed by atoms with Gasteiger partial charge in [-0.15, -0.1) is 0 Å². The standard InChI is InChI=1S/C53H41N3/c54-35-34-53(40-20-4-1-5-21-40)49-36-43(55(41-22-6-2-7-23-41)51-28-14-18-38-16-10-12-26-45(38)51)30-32-47(49)48-33-31-44(37-50(48)53)56(42-24-8-3-9-25-42)52-29-15-19-39-17-11-13-27-46(39)52/h1-33,36-37H,34-35,54H2. The molecule has 0 radical (unpaired) electrons. The van der Waals surface area contributed by atoms with Crippen molar-refractivity contribution in [1.82, 2.24) is 0 Å². The molecule has 0 aromatic heterocycles. The molecule has 10 rings (SSSR count). The van der Waals surface area contributed by atoms with Crippen LogP contribution in [0, 0.1) is 0 Å². The highest BCUT2D eigenvalue weighted by Crippen LogP contribution is 2.57. The fourth-order valence-electron chi connectivity index (χ4n) is 9.14. The lowest BCUT2D eigenvalue weighted by molar-refractivity contribution is 0.582. The minimum atomic E-state index is -0.491. The van der Waals surface area contributed by atoms with Crippen LogP contribution in [0.1, 0.15) is 23.1 Å². The maximum Gasteiger partial charge on any atom is 0.0540 e. The van der Waals surface area contributed by atoms with E-state index in [-0.39, 0.29) is 0 Å². The van der Waals surface area contributed by atoms with Gasteiger partial charge in [-0.1, -0.05) is 152 Å². The van der Waals surface area contributed by atoms with Crippen molar-refractivity contribution in [2.45, 2.75) is 11.8 Å². The molecule has 56 heavy (non-hydrogen) atoms. The Morgan fingerprint density at radius 3 is 1.25 bits per heavy atom. The third kappa shape index (κ3) is 5.47.